The summed E-state index contributed by atoms with van der Waals surface area (Å²) in [4.78, 5) is 16.9. The highest BCUT2D eigenvalue weighted by molar-refractivity contribution is 5.78. The SMILES string of the molecule is O=C(CN1CCC2CCC(C1)N2)N1CCCCCC1. The lowest BCUT2D eigenvalue weighted by atomic mass is 10.1. The number of likely N-dealkylation sites (tertiary alicyclic amines) is 2. The molecule has 0 aliphatic carbocycles. The van der Waals surface area contributed by atoms with Gasteiger partial charge in [0.1, 0.15) is 0 Å². The number of nitrogens with one attached hydrogen (secondary N) is 1. The summed E-state index contributed by atoms with van der Waals surface area (Å²) in [7, 11) is 0. The van der Waals surface area contributed by atoms with Gasteiger partial charge in [0.05, 0.1) is 6.54 Å². The van der Waals surface area contributed by atoms with Gasteiger partial charge in [-0.3, -0.25) is 9.69 Å². The van der Waals surface area contributed by atoms with Crippen LogP contribution in [0.4, 0.5) is 0 Å². The molecule has 0 spiro atoms. The molecular formula is C15H27N3O. The predicted molar refractivity (Wildman–Crippen MR) is 76.1 cm³/mol. The van der Waals surface area contributed by atoms with Gasteiger partial charge >= 0.3 is 0 Å². The molecule has 4 heteroatoms. The highest BCUT2D eigenvalue weighted by Gasteiger charge is 2.30. The molecule has 2 atom stereocenters. The van der Waals surface area contributed by atoms with E-state index in [-0.39, 0.29) is 0 Å². The number of hydrogen-bond donors (Lipinski definition) is 1. The molecule has 108 valence electrons. The second-order valence-electron chi connectivity index (χ2n) is 6.46. The number of amides is 1. The molecule has 3 aliphatic rings. The summed E-state index contributed by atoms with van der Waals surface area (Å²) in [6.45, 7) is 4.77. The Morgan fingerprint density at radius 2 is 1.68 bits per heavy atom. The number of carbonyl (C=O) groups excluding carboxylic acids is 1. The third kappa shape index (κ3) is 3.48. The van der Waals surface area contributed by atoms with Crippen molar-refractivity contribution in [1.29, 1.82) is 0 Å². The fourth-order valence-electron chi connectivity index (χ4n) is 3.77. The summed E-state index contributed by atoms with van der Waals surface area (Å²) in [5.41, 5.74) is 0. The molecule has 0 saturated carbocycles. The quantitative estimate of drug-likeness (QED) is 0.815. The molecule has 3 aliphatic heterocycles. The minimum Gasteiger partial charge on any atom is -0.342 e. The third-order valence-corrected chi connectivity index (χ3v) is 4.93. The third-order valence-electron chi connectivity index (χ3n) is 4.93. The Morgan fingerprint density at radius 3 is 2.47 bits per heavy atom. The van der Waals surface area contributed by atoms with Gasteiger partial charge in [0.15, 0.2) is 0 Å². The predicted octanol–water partition coefficient (Wildman–Crippen LogP) is 1.22. The first-order chi connectivity index (χ1) is 9.31. The standard InChI is InChI=1S/C15H27N3O/c19-15(18-8-3-1-2-4-9-18)12-17-10-7-13-5-6-14(11-17)16-13/h13-14,16H,1-12H2. The Hall–Kier alpha value is -0.610. The van der Waals surface area contributed by atoms with Gasteiger partial charge in [0, 0.05) is 38.3 Å². The van der Waals surface area contributed by atoms with Crippen LogP contribution in [0.5, 0.6) is 0 Å². The Balaban J connectivity index is 1.50. The van der Waals surface area contributed by atoms with Crippen LogP contribution in [0.2, 0.25) is 0 Å². The van der Waals surface area contributed by atoms with Gasteiger partial charge < -0.3 is 10.2 Å². The summed E-state index contributed by atoms with van der Waals surface area (Å²) in [5.74, 6) is 0.361. The van der Waals surface area contributed by atoms with Crippen molar-refractivity contribution in [3.05, 3.63) is 0 Å². The molecule has 3 heterocycles. The minimum absolute atomic E-state index is 0.361. The van der Waals surface area contributed by atoms with Crippen molar-refractivity contribution in [3.63, 3.8) is 0 Å². The molecule has 0 aromatic rings. The second kappa shape index (κ2) is 6.23. The van der Waals surface area contributed by atoms with Gasteiger partial charge in [0.2, 0.25) is 5.91 Å². The van der Waals surface area contributed by atoms with Gasteiger partial charge in [-0.2, -0.15) is 0 Å². The average molecular weight is 265 g/mol. The Kier molecular flexibility index (Phi) is 4.38. The first-order valence-electron chi connectivity index (χ1n) is 8.07. The molecule has 3 fully saturated rings. The maximum Gasteiger partial charge on any atom is 0.236 e. The summed E-state index contributed by atoms with van der Waals surface area (Å²) in [6.07, 6.45) is 8.81. The van der Waals surface area contributed by atoms with Crippen molar-refractivity contribution in [3.8, 4) is 0 Å². The van der Waals surface area contributed by atoms with Crippen LogP contribution in [0.25, 0.3) is 0 Å². The van der Waals surface area contributed by atoms with E-state index >= 15 is 0 Å². The van der Waals surface area contributed by atoms with Gasteiger partial charge in [-0.15, -0.1) is 0 Å². The topological polar surface area (TPSA) is 35.6 Å². The summed E-state index contributed by atoms with van der Waals surface area (Å²) >= 11 is 0. The van der Waals surface area contributed by atoms with E-state index in [1.165, 1.54) is 44.9 Å². The van der Waals surface area contributed by atoms with Gasteiger partial charge in [-0.25, -0.2) is 0 Å². The molecule has 2 unspecified atom stereocenters. The Labute approximate surface area is 116 Å². The molecule has 3 saturated heterocycles. The Bertz CT molecular complexity index is 313. The number of fused-ring (bicyclic) bond motifs is 2. The van der Waals surface area contributed by atoms with E-state index in [0.717, 1.165) is 26.2 Å². The highest BCUT2D eigenvalue weighted by Crippen LogP contribution is 2.20. The zero-order valence-corrected chi connectivity index (χ0v) is 11.9. The van der Waals surface area contributed by atoms with Gasteiger partial charge in [-0.1, -0.05) is 12.8 Å². The highest BCUT2D eigenvalue weighted by atomic mass is 16.2. The van der Waals surface area contributed by atoms with Crippen molar-refractivity contribution >= 4 is 5.91 Å². The molecule has 0 aromatic heterocycles. The van der Waals surface area contributed by atoms with Crippen molar-refractivity contribution in [2.24, 2.45) is 0 Å². The molecule has 3 rings (SSSR count). The van der Waals surface area contributed by atoms with E-state index in [9.17, 15) is 4.79 Å². The van der Waals surface area contributed by atoms with E-state index in [0.29, 0.717) is 24.5 Å². The van der Waals surface area contributed by atoms with Crippen LogP contribution in [-0.2, 0) is 4.79 Å². The smallest absolute Gasteiger partial charge is 0.236 e. The number of hydrogen-bond acceptors (Lipinski definition) is 3. The fourth-order valence-corrected chi connectivity index (χ4v) is 3.77. The maximum absolute atomic E-state index is 12.4. The molecule has 4 nitrogen and oxygen atoms in total. The van der Waals surface area contributed by atoms with Crippen molar-refractivity contribution in [1.82, 2.24) is 15.1 Å². The zero-order chi connectivity index (χ0) is 13.1. The molecule has 19 heavy (non-hydrogen) atoms. The van der Waals surface area contributed by atoms with Crippen LogP contribution in [0.15, 0.2) is 0 Å². The van der Waals surface area contributed by atoms with E-state index in [1.807, 2.05) is 0 Å². The largest absolute Gasteiger partial charge is 0.342 e. The lowest BCUT2D eigenvalue weighted by molar-refractivity contribution is -0.132. The van der Waals surface area contributed by atoms with Crippen LogP contribution < -0.4 is 5.32 Å². The molecule has 1 N–H and O–H groups in total. The number of carbonyl (C=O) groups is 1. The fraction of sp³-hybridized carbons (Fsp3) is 0.933. The van der Waals surface area contributed by atoms with Crippen LogP contribution in [0, 0.1) is 0 Å². The van der Waals surface area contributed by atoms with E-state index in [2.05, 4.69) is 15.1 Å². The lowest BCUT2D eigenvalue weighted by Crippen LogP contribution is -2.43. The van der Waals surface area contributed by atoms with E-state index in [4.69, 9.17) is 0 Å². The molecule has 1 amide bonds. The zero-order valence-electron chi connectivity index (χ0n) is 11.9. The molecule has 0 aromatic carbocycles. The first kappa shape index (κ1) is 13.4. The first-order valence-corrected chi connectivity index (χ1v) is 8.07. The second-order valence-corrected chi connectivity index (χ2v) is 6.46. The number of rotatable bonds is 2. The maximum atomic E-state index is 12.4. The van der Waals surface area contributed by atoms with Crippen molar-refractivity contribution < 1.29 is 4.79 Å². The van der Waals surface area contributed by atoms with Crippen LogP contribution in [0.1, 0.15) is 44.9 Å². The Morgan fingerprint density at radius 1 is 0.947 bits per heavy atom. The molecular weight excluding hydrogens is 238 g/mol. The minimum atomic E-state index is 0.361. The monoisotopic (exact) mass is 265 g/mol. The summed E-state index contributed by atoms with van der Waals surface area (Å²) < 4.78 is 0. The van der Waals surface area contributed by atoms with Crippen LogP contribution in [0.3, 0.4) is 0 Å². The van der Waals surface area contributed by atoms with Crippen LogP contribution >= 0.6 is 0 Å². The van der Waals surface area contributed by atoms with Crippen LogP contribution in [-0.4, -0.2) is 60.5 Å². The van der Waals surface area contributed by atoms with Gasteiger partial charge in [-0.05, 0) is 32.1 Å². The normalized spacial score (nSPS) is 32.9. The summed E-state index contributed by atoms with van der Waals surface area (Å²) in [5, 5.41) is 3.68. The average Bonchev–Trinajstić information content (AvgIpc) is 2.61. The number of nitrogens with zero attached hydrogens (tertiary/aromatic N) is 2. The lowest BCUT2D eigenvalue weighted by Gasteiger charge is -2.27. The molecule has 0 radical (unpaired) electrons. The van der Waals surface area contributed by atoms with E-state index in [1.54, 1.807) is 0 Å². The molecule has 2 bridgehead atoms. The van der Waals surface area contributed by atoms with Gasteiger partial charge in [0.25, 0.3) is 0 Å². The van der Waals surface area contributed by atoms with E-state index < -0.39 is 0 Å². The summed E-state index contributed by atoms with van der Waals surface area (Å²) in [6, 6.07) is 1.34. The van der Waals surface area contributed by atoms with Crippen molar-refractivity contribution in [2.75, 3.05) is 32.7 Å². The van der Waals surface area contributed by atoms with Crippen molar-refractivity contribution in [2.45, 2.75) is 57.0 Å².